The summed E-state index contributed by atoms with van der Waals surface area (Å²) in [6, 6.07) is 0. The highest BCUT2D eigenvalue weighted by Gasteiger charge is 2.39. The topological polar surface area (TPSA) is 56.7 Å². The first-order valence-electron chi connectivity index (χ1n) is 4.34. The van der Waals surface area contributed by atoms with E-state index in [1.165, 1.54) is 19.3 Å². The Balaban J connectivity index is 2.27. The van der Waals surface area contributed by atoms with Crippen molar-refractivity contribution in [2.75, 3.05) is 6.54 Å². The Bertz CT molecular complexity index is 269. The molecular formula is C8H14N4. The van der Waals surface area contributed by atoms with Crippen molar-refractivity contribution in [2.24, 2.45) is 12.8 Å². The van der Waals surface area contributed by atoms with Gasteiger partial charge in [0.25, 0.3) is 0 Å². The van der Waals surface area contributed by atoms with Gasteiger partial charge in [-0.2, -0.15) is 0 Å². The van der Waals surface area contributed by atoms with Crippen LogP contribution in [0.15, 0.2) is 6.20 Å². The monoisotopic (exact) mass is 166 g/mol. The lowest BCUT2D eigenvalue weighted by atomic mass is 9.67. The Labute approximate surface area is 71.8 Å². The van der Waals surface area contributed by atoms with E-state index in [0.29, 0.717) is 6.54 Å². The van der Waals surface area contributed by atoms with Crippen LogP contribution in [0.2, 0.25) is 0 Å². The van der Waals surface area contributed by atoms with Gasteiger partial charge in [0.1, 0.15) is 0 Å². The van der Waals surface area contributed by atoms with E-state index in [9.17, 15) is 0 Å². The molecule has 1 aliphatic rings. The lowest BCUT2D eigenvalue weighted by Crippen LogP contribution is -2.41. The molecule has 1 fully saturated rings. The van der Waals surface area contributed by atoms with Crippen LogP contribution in [-0.2, 0) is 12.5 Å². The molecule has 66 valence electrons. The van der Waals surface area contributed by atoms with Crippen molar-refractivity contribution >= 4 is 0 Å². The molecule has 0 spiro atoms. The maximum Gasteiger partial charge on any atom is 0.0901 e. The first kappa shape index (κ1) is 7.73. The van der Waals surface area contributed by atoms with E-state index in [1.807, 2.05) is 13.2 Å². The Kier molecular flexibility index (Phi) is 1.65. The van der Waals surface area contributed by atoms with Crippen LogP contribution in [0, 0.1) is 0 Å². The molecule has 0 unspecified atom stereocenters. The second-order valence-electron chi connectivity index (χ2n) is 3.62. The summed E-state index contributed by atoms with van der Waals surface area (Å²) >= 11 is 0. The van der Waals surface area contributed by atoms with Gasteiger partial charge in [-0.05, 0) is 12.8 Å². The van der Waals surface area contributed by atoms with Gasteiger partial charge in [-0.3, -0.25) is 4.68 Å². The summed E-state index contributed by atoms with van der Waals surface area (Å²) in [5.41, 5.74) is 6.96. The van der Waals surface area contributed by atoms with Crippen molar-refractivity contribution in [3.8, 4) is 0 Å². The summed E-state index contributed by atoms with van der Waals surface area (Å²) in [6.07, 6.45) is 5.59. The zero-order chi connectivity index (χ0) is 8.60. The Morgan fingerprint density at radius 1 is 1.67 bits per heavy atom. The van der Waals surface area contributed by atoms with Gasteiger partial charge in [0.2, 0.25) is 0 Å². The van der Waals surface area contributed by atoms with E-state index >= 15 is 0 Å². The summed E-state index contributed by atoms with van der Waals surface area (Å²) in [4.78, 5) is 0. The summed E-state index contributed by atoms with van der Waals surface area (Å²) in [5, 5.41) is 8.04. The first-order chi connectivity index (χ1) is 5.77. The second-order valence-corrected chi connectivity index (χ2v) is 3.62. The van der Waals surface area contributed by atoms with Gasteiger partial charge in [0, 0.05) is 25.2 Å². The number of hydrogen-bond acceptors (Lipinski definition) is 3. The molecule has 0 amide bonds. The predicted molar refractivity (Wildman–Crippen MR) is 45.6 cm³/mol. The fourth-order valence-electron chi connectivity index (χ4n) is 1.76. The molecule has 1 aromatic rings. The summed E-state index contributed by atoms with van der Waals surface area (Å²) < 4.78 is 1.74. The SMILES string of the molecule is Cn1cc(C2(CN)CCC2)nn1. The highest BCUT2D eigenvalue weighted by Crippen LogP contribution is 2.41. The smallest absolute Gasteiger partial charge is 0.0901 e. The van der Waals surface area contributed by atoms with E-state index < -0.39 is 0 Å². The largest absolute Gasteiger partial charge is 0.330 e. The molecule has 0 bridgehead atoms. The van der Waals surface area contributed by atoms with Crippen LogP contribution in [0.25, 0.3) is 0 Å². The Morgan fingerprint density at radius 2 is 2.42 bits per heavy atom. The zero-order valence-electron chi connectivity index (χ0n) is 7.32. The summed E-state index contributed by atoms with van der Waals surface area (Å²) in [7, 11) is 1.89. The fourth-order valence-corrected chi connectivity index (χ4v) is 1.76. The van der Waals surface area contributed by atoms with Crippen LogP contribution >= 0.6 is 0 Å². The third kappa shape index (κ3) is 0.948. The van der Waals surface area contributed by atoms with E-state index in [0.717, 1.165) is 5.69 Å². The fraction of sp³-hybridized carbons (Fsp3) is 0.750. The maximum absolute atomic E-state index is 5.73. The van der Waals surface area contributed by atoms with Crippen molar-refractivity contribution in [2.45, 2.75) is 24.7 Å². The van der Waals surface area contributed by atoms with E-state index in [-0.39, 0.29) is 5.41 Å². The van der Waals surface area contributed by atoms with Gasteiger partial charge >= 0.3 is 0 Å². The standard InChI is InChI=1S/C8H14N4/c1-12-5-7(10-11-12)8(6-9)3-2-4-8/h5H,2-4,6,9H2,1H3. The third-order valence-electron chi connectivity index (χ3n) is 2.85. The molecule has 0 aliphatic heterocycles. The normalized spacial score (nSPS) is 20.5. The van der Waals surface area contributed by atoms with E-state index in [1.54, 1.807) is 4.68 Å². The molecule has 1 saturated carbocycles. The van der Waals surface area contributed by atoms with Crippen molar-refractivity contribution in [3.05, 3.63) is 11.9 Å². The highest BCUT2D eigenvalue weighted by molar-refractivity contribution is 5.17. The van der Waals surface area contributed by atoms with Crippen molar-refractivity contribution in [1.82, 2.24) is 15.0 Å². The summed E-state index contributed by atoms with van der Waals surface area (Å²) in [6.45, 7) is 0.700. The number of hydrogen-bond donors (Lipinski definition) is 1. The van der Waals surface area contributed by atoms with E-state index in [2.05, 4.69) is 10.3 Å². The third-order valence-corrected chi connectivity index (χ3v) is 2.85. The molecule has 12 heavy (non-hydrogen) atoms. The van der Waals surface area contributed by atoms with Crippen LogP contribution in [0.4, 0.5) is 0 Å². The Hall–Kier alpha value is -0.900. The van der Waals surface area contributed by atoms with Crippen LogP contribution in [0.3, 0.4) is 0 Å². The predicted octanol–water partition coefficient (Wildman–Crippen LogP) is 0.195. The van der Waals surface area contributed by atoms with Gasteiger partial charge in [-0.25, -0.2) is 0 Å². The van der Waals surface area contributed by atoms with Gasteiger partial charge in [-0.1, -0.05) is 11.6 Å². The van der Waals surface area contributed by atoms with Crippen molar-refractivity contribution in [3.63, 3.8) is 0 Å². The molecule has 2 rings (SSSR count). The molecule has 2 N–H and O–H groups in total. The molecule has 1 heterocycles. The highest BCUT2D eigenvalue weighted by atomic mass is 15.4. The van der Waals surface area contributed by atoms with Crippen LogP contribution < -0.4 is 5.73 Å². The molecule has 1 aliphatic carbocycles. The van der Waals surface area contributed by atoms with Gasteiger partial charge in [0.05, 0.1) is 5.69 Å². The quantitative estimate of drug-likeness (QED) is 0.682. The van der Waals surface area contributed by atoms with E-state index in [4.69, 9.17) is 5.73 Å². The lowest BCUT2D eigenvalue weighted by Gasteiger charge is -2.38. The van der Waals surface area contributed by atoms with Crippen molar-refractivity contribution < 1.29 is 0 Å². The molecule has 0 aromatic carbocycles. The van der Waals surface area contributed by atoms with Crippen LogP contribution in [0.1, 0.15) is 25.0 Å². The van der Waals surface area contributed by atoms with Gasteiger partial charge in [-0.15, -0.1) is 5.10 Å². The lowest BCUT2D eigenvalue weighted by molar-refractivity contribution is 0.245. The number of aromatic nitrogens is 3. The first-order valence-corrected chi connectivity index (χ1v) is 4.34. The van der Waals surface area contributed by atoms with Gasteiger partial charge in [0.15, 0.2) is 0 Å². The number of aryl methyl sites for hydroxylation is 1. The number of nitrogens with zero attached hydrogens (tertiary/aromatic N) is 3. The molecule has 1 aromatic heterocycles. The molecule has 4 nitrogen and oxygen atoms in total. The number of nitrogens with two attached hydrogens (primary N) is 1. The Morgan fingerprint density at radius 3 is 2.75 bits per heavy atom. The molecule has 0 radical (unpaired) electrons. The average Bonchev–Trinajstić information content (AvgIpc) is 2.35. The molecular weight excluding hydrogens is 152 g/mol. The molecule has 4 heteroatoms. The van der Waals surface area contributed by atoms with Crippen LogP contribution in [0.5, 0.6) is 0 Å². The number of rotatable bonds is 2. The molecule has 0 atom stereocenters. The minimum absolute atomic E-state index is 0.161. The summed E-state index contributed by atoms with van der Waals surface area (Å²) in [5.74, 6) is 0. The van der Waals surface area contributed by atoms with Crippen LogP contribution in [-0.4, -0.2) is 21.5 Å². The van der Waals surface area contributed by atoms with Gasteiger partial charge < -0.3 is 5.73 Å². The minimum atomic E-state index is 0.161. The van der Waals surface area contributed by atoms with Crippen molar-refractivity contribution in [1.29, 1.82) is 0 Å². The average molecular weight is 166 g/mol. The molecule has 0 saturated heterocycles. The zero-order valence-corrected chi connectivity index (χ0v) is 7.32. The maximum atomic E-state index is 5.73. The second kappa shape index (κ2) is 2.55. The minimum Gasteiger partial charge on any atom is -0.330 e.